The summed E-state index contributed by atoms with van der Waals surface area (Å²) in [6.45, 7) is 4.79. The second kappa shape index (κ2) is 6.53. The van der Waals surface area contributed by atoms with Crippen LogP contribution in [0.2, 0.25) is 0 Å². The Hall–Kier alpha value is -1.87. The minimum absolute atomic E-state index is 0.0157. The van der Waals surface area contributed by atoms with Gasteiger partial charge in [-0.2, -0.15) is 0 Å². The normalized spacial score (nSPS) is 12.4. The van der Waals surface area contributed by atoms with Gasteiger partial charge >= 0.3 is 0 Å². The Kier molecular flexibility index (Phi) is 4.74. The van der Waals surface area contributed by atoms with Gasteiger partial charge in [-0.15, -0.1) is 0 Å². The summed E-state index contributed by atoms with van der Waals surface area (Å²) < 4.78 is 13.2. The zero-order valence-electron chi connectivity index (χ0n) is 11.9. The van der Waals surface area contributed by atoms with E-state index in [0.29, 0.717) is 12.5 Å². The summed E-state index contributed by atoms with van der Waals surface area (Å²) >= 11 is 0. The van der Waals surface area contributed by atoms with Crippen LogP contribution in [0.4, 0.5) is 10.1 Å². The van der Waals surface area contributed by atoms with Crippen LogP contribution in [0, 0.1) is 5.82 Å². The summed E-state index contributed by atoms with van der Waals surface area (Å²) in [6.07, 6.45) is 0. The molecular formula is C17H21FN2. The third kappa shape index (κ3) is 3.58. The molecule has 0 fully saturated rings. The molecule has 0 saturated carbocycles. The number of halogens is 1. The van der Waals surface area contributed by atoms with Crippen molar-refractivity contribution >= 4 is 5.69 Å². The van der Waals surface area contributed by atoms with Gasteiger partial charge in [-0.3, -0.25) is 0 Å². The van der Waals surface area contributed by atoms with Crippen LogP contribution < -0.4 is 11.1 Å². The van der Waals surface area contributed by atoms with Gasteiger partial charge in [-0.05, 0) is 35.2 Å². The zero-order chi connectivity index (χ0) is 14.5. The first-order chi connectivity index (χ1) is 9.60. The van der Waals surface area contributed by atoms with Gasteiger partial charge in [0.1, 0.15) is 5.82 Å². The summed E-state index contributed by atoms with van der Waals surface area (Å²) in [6, 6.07) is 14.8. The van der Waals surface area contributed by atoms with Crippen LogP contribution in [0.1, 0.15) is 36.9 Å². The summed E-state index contributed by atoms with van der Waals surface area (Å²) in [5.41, 5.74) is 8.99. The van der Waals surface area contributed by atoms with Crippen molar-refractivity contribution in [3.63, 3.8) is 0 Å². The molecule has 0 radical (unpaired) electrons. The maximum Gasteiger partial charge on any atom is 0.125 e. The van der Waals surface area contributed by atoms with Crippen molar-refractivity contribution < 1.29 is 4.39 Å². The van der Waals surface area contributed by atoms with Crippen molar-refractivity contribution in [1.29, 1.82) is 0 Å². The number of nitrogens with one attached hydrogen (secondary N) is 1. The van der Waals surface area contributed by atoms with E-state index in [9.17, 15) is 4.39 Å². The highest BCUT2D eigenvalue weighted by molar-refractivity contribution is 5.46. The van der Waals surface area contributed by atoms with Crippen molar-refractivity contribution in [1.82, 2.24) is 0 Å². The van der Waals surface area contributed by atoms with Gasteiger partial charge in [0.25, 0.3) is 0 Å². The number of rotatable bonds is 5. The Labute approximate surface area is 119 Å². The molecule has 20 heavy (non-hydrogen) atoms. The van der Waals surface area contributed by atoms with E-state index in [1.165, 1.54) is 17.7 Å². The molecule has 1 unspecified atom stereocenters. The van der Waals surface area contributed by atoms with Crippen LogP contribution in [0.5, 0.6) is 0 Å². The predicted octanol–water partition coefficient (Wildman–Crippen LogP) is 4.06. The third-order valence-electron chi connectivity index (χ3n) is 3.41. The minimum Gasteiger partial charge on any atom is -0.377 e. The van der Waals surface area contributed by atoms with Gasteiger partial charge < -0.3 is 11.1 Å². The molecule has 0 aliphatic rings. The highest BCUT2D eigenvalue weighted by atomic mass is 19.1. The summed E-state index contributed by atoms with van der Waals surface area (Å²) in [7, 11) is 0. The standard InChI is InChI=1S/C17H21FN2/c1-12(2)13-6-8-14(9-7-13)17(11-19)20-16-5-3-4-15(18)10-16/h3-10,12,17,20H,11,19H2,1-2H3. The van der Waals surface area contributed by atoms with Crippen LogP contribution in [-0.4, -0.2) is 6.54 Å². The summed E-state index contributed by atoms with van der Waals surface area (Å²) in [5.74, 6) is 0.262. The first-order valence-corrected chi connectivity index (χ1v) is 6.92. The SMILES string of the molecule is CC(C)c1ccc(C(CN)Nc2cccc(F)c2)cc1. The smallest absolute Gasteiger partial charge is 0.125 e. The number of anilines is 1. The molecule has 0 bridgehead atoms. The van der Waals surface area contributed by atoms with E-state index in [-0.39, 0.29) is 11.9 Å². The molecule has 0 aromatic heterocycles. The summed E-state index contributed by atoms with van der Waals surface area (Å²) in [5, 5.41) is 3.27. The van der Waals surface area contributed by atoms with Crippen LogP contribution in [0.25, 0.3) is 0 Å². The molecule has 2 rings (SSSR count). The number of hydrogen-bond acceptors (Lipinski definition) is 2. The highest BCUT2D eigenvalue weighted by Crippen LogP contribution is 2.22. The van der Waals surface area contributed by atoms with Gasteiger partial charge in [0.2, 0.25) is 0 Å². The maximum atomic E-state index is 13.2. The molecule has 3 heteroatoms. The first kappa shape index (κ1) is 14.5. The van der Waals surface area contributed by atoms with E-state index < -0.39 is 0 Å². The largest absolute Gasteiger partial charge is 0.377 e. The molecule has 106 valence electrons. The van der Waals surface area contributed by atoms with Crippen molar-refractivity contribution in [3.8, 4) is 0 Å². The van der Waals surface area contributed by atoms with Gasteiger partial charge in [0.15, 0.2) is 0 Å². The molecule has 0 amide bonds. The molecule has 0 saturated heterocycles. The van der Waals surface area contributed by atoms with E-state index in [1.807, 2.05) is 6.07 Å². The average Bonchev–Trinajstić information content (AvgIpc) is 2.45. The van der Waals surface area contributed by atoms with E-state index in [1.54, 1.807) is 6.07 Å². The van der Waals surface area contributed by atoms with Crippen molar-refractivity contribution in [2.45, 2.75) is 25.8 Å². The third-order valence-corrected chi connectivity index (χ3v) is 3.41. The lowest BCUT2D eigenvalue weighted by Crippen LogP contribution is -2.20. The molecule has 0 aliphatic carbocycles. The Balaban J connectivity index is 2.15. The van der Waals surface area contributed by atoms with Gasteiger partial charge in [0, 0.05) is 12.2 Å². The lowest BCUT2D eigenvalue weighted by Gasteiger charge is -2.19. The van der Waals surface area contributed by atoms with Gasteiger partial charge in [-0.1, -0.05) is 44.2 Å². The fraction of sp³-hybridized carbons (Fsp3) is 0.294. The van der Waals surface area contributed by atoms with Gasteiger partial charge in [-0.25, -0.2) is 4.39 Å². The van der Waals surface area contributed by atoms with Crippen LogP contribution >= 0.6 is 0 Å². The second-order valence-corrected chi connectivity index (χ2v) is 5.26. The van der Waals surface area contributed by atoms with Crippen LogP contribution in [-0.2, 0) is 0 Å². The van der Waals surface area contributed by atoms with E-state index in [2.05, 4.69) is 43.4 Å². The van der Waals surface area contributed by atoms with Crippen LogP contribution in [0.3, 0.4) is 0 Å². The predicted molar refractivity (Wildman–Crippen MR) is 82.3 cm³/mol. The van der Waals surface area contributed by atoms with Crippen molar-refractivity contribution in [2.75, 3.05) is 11.9 Å². The lowest BCUT2D eigenvalue weighted by atomic mass is 9.99. The van der Waals surface area contributed by atoms with Crippen molar-refractivity contribution in [3.05, 3.63) is 65.5 Å². The maximum absolute atomic E-state index is 13.2. The Morgan fingerprint density at radius 2 is 1.70 bits per heavy atom. The van der Waals surface area contributed by atoms with Crippen molar-refractivity contribution in [2.24, 2.45) is 5.73 Å². The molecule has 2 nitrogen and oxygen atoms in total. The van der Waals surface area contributed by atoms with E-state index >= 15 is 0 Å². The number of nitrogens with two attached hydrogens (primary N) is 1. The number of hydrogen-bond donors (Lipinski definition) is 2. The quantitative estimate of drug-likeness (QED) is 0.861. The minimum atomic E-state index is -0.249. The fourth-order valence-corrected chi connectivity index (χ4v) is 2.17. The molecule has 1 atom stereocenters. The Bertz CT molecular complexity index is 549. The highest BCUT2D eigenvalue weighted by Gasteiger charge is 2.10. The molecular weight excluding hydrogens is 251 g/mol. The zero-order valence-corrected chi connectivity index (χ0v) is 11.9. The van der Waals surface area contributed by atoms with Crippen LogP contribution in [0.15, 0.2) is 48.5 Å². The topological polar surface area (TPSA) is 38.0 Å². The van der Waals surface area contributed by atoms with Gasteiger partial charge in [0.05, 0.1) is 6.04 Å². The Morgan fingerprint density at radius 1 is 1.05 bits per heavy atom. The molecule has 2 aromatic rings. The van der Waals surface area contributed by atoms with E-state index in [4.69, 9.17) is 5.73 Å². The Morgan fingerprint density at radius 3 is 2.25 bits per heavy atom. The lowest BCUT2D eigenvalue weighted by molar-refractivity contribution is 0.627. The monoisotopic (exact) mass is 272 g/mol. The number of benzene rings is 2. The molecule has 0 heterocycles. The molecule has 3 N–H and O–H groups in total. The molecule has 2 aromatic carbocycles. The second-order valence-electron chi connectivity index (χ2n) is 5.26. The fourth-order valence-electron chi connectivity index (χ4n) is 2.17. The molecule has 0 spiro atoms. The average molecular weight is 272 g/mol. The molecule has 0 aliphatic heterocycles. The first-order valence-electron chi connectivity index (χ1n) is 6.92. The summed E-state index contributed by atoms with van der Waals surface area (Å²) in [4.78, 5) is 0. The van der Waals surface area contributed by atoms with E-state index in [0.717, 1.165) is 11.3 Å².